The molecule has 0 saturated heterocycles. The Morgan fingerprint density at radius 2 is 2.16 bits per heavy atom. The van der Waals surface area contributed by atoms with Crippen LogP contribution in [0.25, 0.3) is 0 Å². The molecule has 0 spiro atoms. The summed E-state index contributed by atoms with van der Waals surface area (Å²) in [4.78, 5) is 2.33. The van der Waals surface area contributed by atoms with Crippen molar-refractivity contribution in [3.8, 4) is 11.5 Å². The van der Waals surface area contributed by atoms with Gasteiger partial charge in [-0.3, -0.25) is 0 Å². The molecule has 1 aliphatic heterocycles. The molecule has 104 valence electrons. The second-order valence-electron chi connectivity index (χ2n) is 5.65. The molecule has 1 saturated carbocycles. The Labute approximate surface area is 114 Å². The molecule has 0 bridgehead atoms. The molecule has 1 unspecified atom stereocenters. The van der Waals surface area contributed by atoms with E-state index in [0.29, 0.717) is 12.8 Å². The summed E-state index contributed by atoms with van der Waals surface area (Å²) in [5, 5.41) is 3.56. The van der Waals surface area contributed by atoms with Gasteiger partial charge in [-0.05, 0) is 38.9 Å². The zero-order chi connectivity index (χ0) is 13.2. The van der Waals surface area contributed by atoms with Crippen molar-refractivity contribution in [3.63, 3.8) is 0 Å². The molecule has 1 aliphatic carbocycles. The molecule has 1 fully saturated rings. The molecule has 0 aromatic heterocycles. The van der Waals surface area contributed by atoms with Gasteiger partial charge in [0.2, 0.25) is 6.79 Å². The van der Waals surface area contributed by atoms with Crippen LogP contribution in [-0.2, 0) is 6.54 Å². The van der Waals surface area contributed by atoms with Gasteiger partial charge in [0, 0.05) is 24.7 Å². The van der Waals surface area contributed by atoms with Crippen LogP contribution in [0.4, 0.5) is 0 Å². The summed E-state index contributed by atoms with van der Waals surface area (Å²) >= 11 is 0. The number of fused-ring (bicyclic) bond motifs is 1. The summed E-state index contributed by atoms with van der Waals surface area (Å²) < 4.78 is 10.9. The normalized spacial score (nSPS) is 18.9. The van der Waals surface area contributed by atoms with Gasteiger partial charge in [0.05, 0.1) is 0 Å². The van der Waals surface area contributed by atoms with E-state index >= 15 is 0 Å². The van der Waals surface area contributed by atoms with Crippen molar-refractivity contribution in [2.24, 2.45) is 5.92 Å². The van der Waals surface area contributed by atoms with Crippen LogP contribution in [0, 0.1) is 5.92 Å². The van der Waals surface area contributed by atoms with Gasteiger partial charge in [-0.2, -0.15) is 0 Å². The van der Waals surface area contributed by atoms with Crippen molar-refractivity contribution in [2.45, 2.75) is 25.4 Å². The predicted octanol–water partition coefficient (Wildman–Crippen LogP) is 1.85. The smallest absolute Gasteiger partial charge is 0.231 e. The lowest BCUT2D eigenvalue weighted by Gasteiger charge is -2.24. The van der Waals surface area contributed by atoms with Crippen LogP contribution in [0.2, 0.25) is 0 Å². The Bertz CT molecular complexity index is 442. The molecular formula is C15H22N2O2. The highest BCUT2D eigenvalue weighted by molar-refractivity contribution is 5.48. The molecule has 1 N–H and O–H groups in total. The Morgan fingerprint density at radius 3 is 2.89 bits per heavy atom. The van der Waals surface area contributed by atoms with Crippen LogP contribution in [0.15, 0.2) is 18.2 Å². The number of para-hydroxylation sites is 1. The third-order valence-electron chi connectivity index (χ3n) is 3.98. The van der Waals surface area contributed by atoms with Crippen molar-refractivity contribution < 1.29 is 9.47 Å². The molecule has 0 radical (unpaired) electrons. The zero-order valence-electron chi connectivity index (χ0n) is 11.7. The summed E-state index contributed by atoms with van der Waals surface area (Å²) in [6, 6.07) is 6.73. The number of hydrogen-bond donors (Lipinski definition) is 1. The van der Waals surface area contributed by atoms with Gasteiger partial charge in [-0.1, -0.05) is 12.1 Å². The fraction of sp³-hybridized carbons (Fsp3) is 0.600. The highest BCUT2D eigenvalue weighted by Crippen LogP contribution is 2.36. The van der Waals surface area contributed by atoms with E-state index in [2.05, 4.69) is 30.4 Å². The molecule has 4 heteroatoms. The molecule has 0 amide bonds. The monoisotopic (exact) mass is 262 g/mol. The van der Waals surface area contributed by atoms with Gasteiger partial charge < -0.3 is 19.7 Å². The average Bonchev–Trinajstić information content (AvgIpc) is 3.10. The maximum Gasteiger partial charge on any atom is 0.231 e. The fourth-order valence-corrected chi connectivity index (χ4v) is 2.74. The van der Waals surface area contributed by atoms with Crippen LogP contribution >= 0.6 is 0 Å². The first-order valence-electron chi connectivity index (χ1n) is 7.00. The molecule has 1 aromatic rings. The minimum atomic E-state index is 0.342. The number of rotatable bonds is 6. The maximum atomic E-state index is 5.52. The first-order valence-corrected chi connectivity index (χ1v) is 7.00. The van der Waals surface area contributed by atoms with E-state index in [1.807, 2.05) is 12.1 Å². The van der Waals surface area contributed by atoms with Crippen LogP contribution in [0.3, 0.4) is 0 Å². The lowest BCUT2D eigenvalue weighted by molar-refractivity contribution is 0.173. The van der Waals surface area contributed by atoms with Gasteiger partial charge in [-0.15, -0.1) is 0 Å². The third kappa shape index (κ3) is 2.85. The summed E-state index contributed by atoms with van der Waals surface area (Å²) in [5.74, 6) is 2.65. The molecule has 4 nitrogen and oxygen atoms in total. The fourth-order valence-electron chi connectivity index (χ4n) is 2.74. The van der Waals surface area contributed by atoms with Crippen molar-refractivity contribution in [3.05, 3.63) is 23.8 Å². The lowest BCUT2D eigenvalue weighted by Crippen LogP contribution is -2.39. The van der Waals surface area contributed by atoms with Gasteiger partial charge in [-0.25, -0.2) is 0 Å². The Morgan fingerprint density at radius 1 is 1.32 bits per heavy atom. The van der Waals surface area contributed by atoms with Crippen LogP contribution in [0.1, 0.15) is 18.4 Å². The first-order chi connectivity index (χ1) is 9.25. The van der Waals surface area contributed by atoms with Crippen LogP contribution < -0.4 is 14.8 Å². The highest BCUT2D eigenvalue weighted by atomic mass is 16.7. The van der Waals surface area contributed by atoms with Gasteiger partial charge in [0.25, 0.3) is 0 Å². The highest BCUT2D eigenvalue weighted by Gasteiger charge is 2.32. The number of likely N-dealkylation sites (N-methyl/N-ethyl adjacent to an activating group) is 1. The van der Waals surface area contributed by atoms with E-state index in [9.17, 15) is 0 Å². The molecule has 1 heterocycles. The van der Waals surface area contributed by atoms with Crippen molar-refractivity contribution in [2.75, 3.05) is 27.4 Å². The van der Waals surface area contributed by atoms with Gasteiger partial charge >= 0.3 is 0 Å². The molecule has 3 rings (SSSR count). The quantitative estimate of drug-likeness (QED) is 0.848. The number of hydrogen-bond acceptors (Lipinski definition) is 4. The lowest BCUT2D eigenvalue weighted by atomic mass is 10.1. The topological polar surface area (TPSA) is 33.7 Å². The number of nitrogens with zero attached hydrogens (tertiary/aromatic N) is 1. The van der Waals surface area contributed by atoms with E-state index in [0.717, 1.165) is 30.5 Å². The Hall–Kier alpha value is -1.26. The van der Waals surface area contributed by atoms with Gasteiger partial charge in [0.15, 0.2) is 11.5 Å². The predicted molar refractivity (Wildman–Crippen MR) is 74.5 cm³/mol. The number of benzene rings is 1. The van der Waals surface area contributed by atoms with Gasteiger partial charge in [0.1, 0.15) is 0 Å². The van der Waals surface area contributed by atoms with Crippen molar-refractivity contribution >= 4 is 0 Å². The SMILES string of the molecule is CN(C)C(CNCc1cccc2c1OCO2)C1CC1. The Kier molecular flexibility index (Phi) is 3.62. The van der Waals surface area contributed by atoms with E-state index in [4.69, 9.17) is 9.47 Å². The van der Waals surface area contributed by atoms with E-state index in [-0.39, 0.29) is 0 Å². The summed E-state index contributed by atoms with van der Waals surface area (Å²) in [5.41, 5.74) is 1.18. The maximum absolute atomic E-state index is 5.52. The number of nitrogens with one attached hydrogen (secondary N) is 1. The zero-order valence-corrected chi connectivity index (χ0v) is 11.7. The second-order valence-corrected chi connectivity index (χ2v) is 5.65. The Balaban J connectivity index is 1.56. The van der Waals surface area contributed by atoms with Crippen molar-refractivity contribution in [1.82, 2.24) is 10.2 Å². The minimum absolute atomic E-state index is 0.342. The molecule has 2 aliphatic rings. The summed E-state index contributed by atoms with van der Waals surface area (Å²) in [7, 11) is 4.34. The standard InChI is InChI=1S/C15H22N2O2/c1-17(2)13(11-6-7-11)9-16-8-12-4-3-5-14-15(12)19-10-18-14/h3-5,11,13,16H,6-10H2,1-2H3. The largest absolute Gasteiger partial charge is 0.454 e. The van der Waals surface area contributed by atoms with Crippen LogP contribution in [-0.4, -0.2) is 38.4 Å². The molecule has 1 atom stereocenters. The average molecular weight is 262 g/mol. The van der Waals surface area contributed by atoms with E-state index in [1.165, 1.54) is 18.4 Å². The third-order valence-corrected chi connectivity index (χ3v) is 3.98. The second kappa shape index (κ2) is 5.39. The van der Waals surface area contributed by atoms with Crippen LogP contribution in [0.5, 0.6) is 11.5 Å². The first kappa shape index (κ1) is 12.8. The summed E-state index contributed by atoms with van der Waals surface area (Å²) in [6.07, 6.45) is 2.75. The molecule has 19 heavy (non-hydrogen) atoms. The minimum Gasteiger partial charge on any atom is -0.454 e. The van der Waals surface area contributed by atoms with E-state index in [1.54, 1.807) is 0 Å². The number of ether oxygens (including phenoxy) is 2. The molecule has 1 aromatic carbocycles. The summed E-state index contributed by atoms with van der Waals surface area (Å²) in [6.45, 7) is 2.21. The van der Waals surface area contributed by atoms with E-state index < -0.39 is 0 Å². The molecular weight excluding hydrogens is 240 g/mol. The van der Waals surface area contributed by atoms with Crippen molar-refractivity contribution in [1.29, 1.82) is 0 Å².